The van der Waals surface area contributed by atoms with E-state index in [1.165, 1.54) is 5.56 Å². The van der Waals surface area contributed by atoms with Crippen molar-refractivity contribution < 1.29 is 9.21 Å². The molecule has 1 amide bonds. The lowest BCUT2D eigenvalue weighted by molar-refractivity contribution is -0.131. The third-order valence-electron chi connectivity index (χ3n) is 5.62. The molecule has 6 heteroatoms. The van der Waals surface area contributed by atoms with Crippen LogP contribution >= 0.6 is 0 Å². The maximum atomic E-state index is 12.6. The van der Waals surface area contributed by atoms with E-state index in [-0.39, 0.29) is 5.91 Å². The van der Waals surface area contributed by atoms with Crippen molar-refractivity contribution in [3.8, 4) is 11.3 Å². The smallest absolute Gasteiger partial charge is 0.223 e. The monoisotopic (exact) mass is 392 g/mol. The summed E-state index contributed by atoms with van der Waals surface area (Å²) in [5, 5.41) is 4.17. The molecule has 0 bridgehead atoms. The average molecular weight is 393 g/mol. The molecule has 29 heavy (non-hydrogen) atoms. The number of carbonyl (C=O) groups is 1. The first kappa shape index (κ1) is 19.5. The first-order valence-corrected chi connectivity index (χ1v) is 10.3. The molecule has 1 aliphatic rings. The fourth-order valence-electron chi connectivity index (χ4n) is 3.89. The van der Waals surface area contributed by atoms with Gasteiger partial charge in [-0.1, -0.05) is 24.3 Å². The standard InChI is InChI=1S/C23H28N4O2/c1-25-21(11-12-24-25)9-10-23(28)27-14-3-13-26(15-16-27)18-19-5-7-20(8-6-19)22-4-2-17-29-22/h2,4-8,11-12,17H,3,9-10,13-16,18H2,1H3. The maximum Gasteiger partial charge on any atom is 0.223 e. The number of hydrogen-bond acceptors (Lipinski definition) is 4. The van der Waals surface area contributed by atoms with Gasteiger partial charge in [-0.05, 0) is 36.6 Å². The van der Waals surface area contributed by atoms with E-state index >= 15 is 0 Å². The van der Waals surface area contributed by atoms with Gasteiger partial charge in [-0.3, -0.25) is 14.4 Å². The molecule has 152 valence electrons. The Morgan fingerprint density at radius 3 is 2.66 bits per heavy atom. The summed E-state index contributed by atoms with van der Waals surface area (Å²) in [5.41, 5.74) is 3.49. The van der Waals surface area contributed by atoms with Crippen molar-refractivity contribution in [2.75, 3.05) is 26.2 Å². The number of nitrogens with zero attached hydrogens (tertiary/aromatic N) is 4. The van der Waals surface area contributed by atoms with Crippen LogP contribution in [0.25, 0.3) is 11.3 Å². The third-order valence-corrected chi connectivity index (χ3v) is 5.62. The summed E-state index contributed by atoms with van der Waals surface area (Å²) in [6.07, 6.45) is 5.79. The van der Waals surface area contributed by atoms with Crippen LogP contribution in [0.3, 0.4) is 0 Å². The van der Waals surface area contributed by atoms with Crippen molar-refractivity contribution in [2.24, 2.45) is 7.05 Å². The lowest BCUT2D eigenvalue weighted by Gasteiger charge is -2.22. The highest BCUT2D eigenvalue weighted by Crippen LogP contribution is 2.21. The predicted octanol–water partition coefficient (Wildman–Crippen LogP) is 3.35. The van der Waals surface area contributed by atoms with E-state index in [1.807, 2.05) is 34.8 Å². The number of amides is 1. The second kappa shape index (κ2) is 9.09. The Hall–Kier alpha value is -2.86. The lowest BCUT2D eigenvalue weighted by atomic mass is 10.1. The summed E-state index contributed by atoms with van der Waals surface area (Å²) in [6, 6.07) is 14.4. The van der Waals surface area contributed by atoms with E-state index in [0.717, 1.165) is 62.6 Å². The largest absolute Gasteiger partial charge is 0.464 e. The Bertz CT molecular complexity index is 915. The second-order valence-electron chi connectivity index (χ2n) is 7.63. The highest BCUT2D eigenvalue weighted by Gasteiger charge is 2.19. The SMILES string of the molecule is Cn1nccc1CCC(=O)N1CCCN(Cc2ccc(-c3ccco3)cc2)CC1. The Balaban J connectivity index is 1.27. The van der Waals surface area contributed by atoms with Gasteiger partial charge in [0.05, 0.1) is 6.26 Å². The molecule has 0 radical (unpaired) electrons. The fraction of sp³-hybridized carbons (Fsp3) is 0.391. The zero-order valence-electron chi connectivity index (χ0n) is 17.0. The molecule has 1 saturated heterocycles. The van der Waals surface area contributed by atoms with Crippen LogP contribution in [0.15, 0.2) is 59.3 Å². The molecule has 1 fully saturated rings. The minimum Gasteiger partial charge on any atom is -0.464 e. The number of benzene rings is 1. The molecule has 3 heterocycles. The van der Waals surface area contributed by atoms with Crippen molar-refractivity contribution in [2.45, 2.75) is 25.8 Å². The number of furan rings is 1. The normalized spacial score (nSPS) is 15.4. The van der Waals surface area contributed by atoms with Crippen LogP contribution in [0.1, 0.15) is 24.1 Å². The summed E-state index contributed by atoms with van der Waals surface area (Å²) in [6.45, 7) is 4.49. The number of aromatic nitrogens is 2. The minimum absolute atomic E-state index is 0.246. The van der Waals surface area contributed by atoms with Crippen molar-refractivity contribution in [3.63, 3.8) is 0 Å². The van der Waals surface area contributed by atoms with Crippen LogP contribution in [0.5, 0.6) is 0 Å². The average Bonchev–Trinajstić information content (AvgIpc) is 3.35. The van der Waals surface area contributed by atoms with Crippen LogP contribution in [0.4, 0.5) is 0 Å². The van der Waals surface area contributed by atoms with Gasteiger partial charge >= 0.3 is 0 Å². The molecule has 0 atom stereocenters. The van der Waals surface area contributed by atoms with Crippen LogP contribution < -0.4 is 0 Å². The molecule has 4 rings (SSSR count). The molecular formula is C23H28N4O2. The summed E-state index contributed by atoms with van der Waals surface area (Å²) in [5.74, 6) is 1.14. The van der Waals surface area contributed by atoms with Gasteiger partial charge in [0.2, 0.25) is 5.91 Å². The highest BCUT2D eigenvalue weighted by molar-refractivity contribution is 5.76. The molecule has 2 aromatic heterocycles. The molecular weight excluding hydrogens is 364 g/mol. The van der Waals surface area contributed by atoms with Crippen LogP contribution in [-0.4, -0.2) is 51.7 Å². The molecule has 1 aliphatic heterocycles. The van der Waals surface area contributed by atoms with Gasteiger partial charge in [-0.25, -0.2) is 0 Å². The van der Waals surface area contributed by atoms with Crippen molar-refractivity contribution >= 4 is 5.91 Å². The summed E-state index contributed by atoms with van der Waals surface area (Å²) in [7, 11) is 1.92. The molecule has 0 saturated carbocycles. The predicted molar refractivity (Wildman–Crippen MR) is 112 cm³/mol. The first-order valence-electron chi connectivity index (χ1n) is 10.3. The molecule has 3 aromatic rings. The van der Waals surface area contributed by atoms with Gasteiger partial charge in [-0.2, -0.15) is 5.10 Å². The van der Waals surface area contributed by atoms with E-state index in [0.29, 0.717) is 6.42 Å². The second-order valence-corrected chi connectivity index (χ2v) is 7.63. The quantitative estimate of drug-likeness (QED) is 0.646. The number of carbonyl (C=O) groups excluding carboxylic acids is 1. The van der Waals surface area contributed by atoms with Crippen LogP contribution in [-0.2, 0) is 24.8 Å². The maximum absolute atomic E-state index is 12.6. The molecule has 6 nitrogen and oxygen atoms in total. The zero-order chi connectivity index (χ0) is 20.1. The van der Waals surface area contributed by atoms with Gasteiger partial charge in [0.15, 0.2) is 0 Å². The Morgan fingerprint density at radius 2 is 1.93 bits per heavy atom. The fourth-order valence-corrected chi connectivity index (χ4v) is 3.89. The number of aryl methyl sites for hydroxylation is 2. The van der Waals surface area contributed by atoms with Gasteiger partial charge in [0.1, 0.15) is 5.76 Å². The van der Waals surface area contributed by atoms with Crippen molar-refractivity contribution in [1.29, 1.82) is 0 Å². The molecule has 0 spiro atoms. The molecule has 0 aliphatic carbocycles. The molecule has 1 aromatic carbocycles. The number of hydrogen-bond donors (Lipinski definition) is 0. The highest BCUT2D eigenvalue weighted by atomic mass is 16.3. The van der Waals surface area contributed by atoms with Gasteiger partial charge < -0.3 is 9.32 Å². The summed E-state index contributed by atoms with van der Waals surface area (Å²) in [4.78, 5) is 17.1. The Labute approximate surface area is 171 Å². The zero-order valence-corrected chi connectivity index (χ0v) is 17.0. The van der Waals surface area contributed by atoms with Crippen LogP contribution in [0.2, 0.25) is 0 Å². The van der Waals surface area contributed by atoms with E-state index in [9.17, 15) is 4.79 Å². The molecule has 0 unspecified atom stereocenters. The topological polar surface area (TPSA) is 54.5 Å². The third kappa shape index (κ3) is 4.95. The lowest BCUT2D eigenvalue weighted by Crippen LogP contribution is -2.35. The molecule has 0 N–H and O–H groups in total. The Morgan fingerprint density at radius 1 is 1.07 bits per heavy atom. The van der Waals surface area contributed by atoms with Gasteiger partial charge in [-0.15, -0.1) is 0 Å². The minimum atomic E-state index is 0.246. The van der Waals surface area contributed by atoms with Crippen molar-refractivity contribution in [3.05, 3.63) is 66.2 Å². The summed E-state index contributed by atoms with van der Waals surface area (Å²) < 4.78 is 7.30. The van der Waals surface area contributed by atoms with E-state index in [1.54, 1.807) is 12.5 Å². The van der Waals surface area contributed by atoms with Crippen LogP contribution in [0, 0.1) is 0 Å². The summed E-state index contributed by atoms with van der Waals surface area (Å²) >= 11 is 0. The van der Waals surface area contributed by atoms with Gasteiger partial charge in [0.25, 0.3) is 0 Å². The first-order chi connectivity index (χ1) is 14.2. The van der Waals surface area contributed by atoms with E-state index in [4.69, 9.17) is 4.42 Å². The van der Waals surface area contributed by atoms with Crippen molar-refractivity contribution in [1.82, 2.24) is 19.6 Å². The Kier molecular flexibility index (Phi) is 6.10. The number of rotatable bonds is 6. The van der Waals surface area contributed by atoms with Gasteiger partial charge in [0, 0.05) is 63.6 Å². The van der Waals surface area contributed by atoms with E-state index < -0.39 is 0 Å². The van der Waals surface area contributed by atoms with E-state index in [2.05, 4.69) is 34.3 Å².